The van der Waals surface area contributed by atoms with E-state index in [1.165, 1.54) is 16.0 Å². The van der Waals surface area contributed by atoms with Crippen molar-refractivity contribution < 1.29 is 4.42 Å². The molecule has 80 valence electrons. The van der Waals surface area contributed by atoms with Crippen molar-refractivity contribution in [2.24, 2.45) is 0 Å². The summed E-state index contributed by atoms with van der Waals surface area (Å²) in [5, 5.41) is 5.45. The van der Waals surface area contributed by atoms with E-state index in [4.69, 9.17) is 4.42 Å². The average Bonchev–Trinajstić information content (AvgIpc) is 2.79. The Bertz CT molecular complexity index is 444. The Morgan fingerprint density at radius 1 is 1.40 bits per heavy atom. The van der Waals surface area contributed by atoms with Crippen molar-refractivity contribution in [1.82, 2.24) is 5.32 Å². The Kier molecular flexibility index (Phi) is 2.93. The molecule has 0 amide bonds. The predicted molar refractivity (Wildman–Crippen MR) is 63.4 cm³/mol. The minimum absolute atomic E-state index is 0.252. The Morgan fingerprint density at radius 2 is 2.20 bits per heavy atom. The zero-order valence-corrected chi connectivity index (χ0v) is 10.0. The highest BCUT2D eigenvalue weighted by Crippen LogP contribution is 2.29. The maximum atomic E-state index is 5.35. The summed E-state index contributed by atoms with van der Waals surface area (Å²) < 4.78 is 5.35. The van der Waals surface area contributed by atoms with Gasteiger partial charge in [-0.15, -0.1) is 11.3 Å². The van der Waals surface area contributed by atoms with Crippen LogP contribution in [-0.2, 0) is 0 Å². The third kappa shape index (κ3) is 1.98. The summed E-state index contributed by atoms with van der Waals surface area (Å²) in [4.78, 5) is 1.36. The highest BCUT2D eigenvalue weighted by Gasteiger charge is 2.16. The normalized spacial score (nSPS) is 13.0. The summed E-state index contributed by atoms with van der Waals surface area (Å²) in [5.74, 6) is 0.958. The van der Waals surface area contributed by atoms with Crippen LogP contribution in [0, 0.1) is 13.8 Å². The first kappa shape index (κ1) is 10.5. The average molecular weight is 221 g/mol. The van der Waals surface area contributed by atoms with E-state index in [2.05, 4.69) is 29.8 Å². The van der Waals surface area contributed by atoms with E-state index in [1.54, 1.807) is 11.3 Å². The Balaban J connectivity index is 2.36. The van der Waals surface area contributed by atoms with Crippen LogP contribution >= 0.6 is 11.3 Å². The fourth-order valence-electron chi connectivity index (χ4n) is 1.74. The molecule has 0 saturated heterocycles. The van der Waals surface area contributed by atoms with Gasteiger partial charge in [-0.25, -0.2) is 0 Å². The molecule has 0 bridgehead atoms. The lowest BCUT2D eigenvalue weighted by Crippen LogP contribution is -2.16. The van der Waals surface area contributed by atoms with Crippen molar-refractivity contribution in [2.45, 2.75) is 19.9 Å². The van der Waals surface area contributed by atoms with Gasteiger partial charge in [-0.3, -0.25) is 0 Å². The Hall–Kier alpha value is -1.06. The quantitative estimate of drug-likeness (QED) is 0.860. The number of aryl methyl sites for hydroxylation is 2. The van der Waals surface area contributed by atoms with Crippen LogP contribution < -0.4 is 5.32 Å². The van der Waals surface area contributed by atoms with Gasteiger partial charge in [0.25, 0.3) is 0 Å². The van der Waals surface area contributed by atoms with Gasteiger partial charge >= 0.3 is 0 Å². The van der Waals surface area contributed by atoms with Crippen molar-refractivity contribution >= 4 is 11.3 Å². The zero-order chi connectivity index (χ0) is 10.8. The minimum Gasteiger partial charge on any atom is -0.469 e. The molecular weight excluding hydrogens is 206 g/mol. The van der Waals surface area contributed by atoms with Crippen LogP contribution in [0.4, 0.5) is 0 Å². The molecule has 0 saturated carbocycles. The topological polar surface area (TPSA) is 25.2 Å². The molecule has 0 aliphatic rings. The van der Waals surface area contributed by atoms with E-state index >= 15 is 0 Å². The summed E-state index contributed by atoms with van der Waals surface area (Å²) in [6.45, 7) is 4.11. The lowest BCUT2D eigenvalue weighted by molar-refractivity contribution is 0.528. The third-order valence-electron chi connectivity index (χ3n) is 2.54. The Morgan fingerprint density at radius 3 is 2.67 bits per heavy atom. The molecule has 2 nitrogen and oxygen atoms in total. The van der Waals surface area contributed by atoms with E-state index in [0.717, 1.165) is 5.76 Å². The van der Waals surface area contributed by atoms with Gasteiger partial charge in [0.1, 0.15) is 5.76 Å². The summed E-state index contributed by atoms with van der Waals surface area (Å²) in [5.41, 5.74) is 2.53. The minimum atomic E-state index is 0.252. The van der Waals surface area contributed by atoms with Gasteiger partial charge in [0.15, 0.2) is 0 Å². The van der Waals surface area contributed by atoms with Gasteiger partial charge in [0.05, 0.1) is 12.3 Å². The smallest absolute Gasteiger partial charge is 0.101 e. The molecule has 0 aromatic carbocycles. The highest BCUT2D eigenvalue weighted by atomic mass is 32.1. The fraction of sp³-hybridized carbons (Fsp3) is 0.333. The molecule has 0 aliphatic heterocycles. The molecule has 1 atom stereocenters. The van der Waals surface area contributed by atoms with Crippen LogP contribution in [0.2, 0.25) is 0 Å². The van der Waals surface area contributed by atoms with Crippen LogP contribution in [0.15, 0.2) is 28.2 Å². The van der Waals surface area contributed by atoms with Crippen molar-refractivity contribution in [1.29, 1.82) is 0 Å². The second-order valence-corrected chi connectivity index (χ2v) is 4.63. The molecule has 0 radical (unpaired) electrons. The number of thiophene rings is 1. The van der Waals surface area contributed by atoms with E-state index < -0.39 is 0 Å². The zero-order valence-electron chi connectivity index (χ0n) is 9.20. The van der Waals surface area contributed by atoms with Crippen LogP contribution in [0.25, 0.3) is 0 Å². The van der Waals surface area contributed by atoms with E-state index in [1.807, 2.05) is 20.2 Å². The first-order valence-electron chi connectivity index (χ1n) is 4.98. The second kappa shape index (κ2) is 4.21. The van der Waals surface area contributed by atoms with Gasteiger partial charge in [-0.1, -0.05) is 0 Å². The number of nitrogens with one attached hydrogen (secondary N) is 1. The molecule has 15 heavy (non-hydrogen) atoms. The molecular formula is C12H15NOS. The lowest BCUT2D eigenvalue weighted by Gasteiger charge is -2.13. The van der Waals surface area contributed by atoms with Crippen LogP contribution in [0.1, 0.15) is 27.8 Å². The van der Waals surface area contributed by atoms with Crippen molar-refractivity contribution in [3.05, 3.63) is 45.5 Å². The number of rotatable bonds is 3. The van der Waals surface area contributed by atoms with E-state index in [-0.39, 0.29) is 6.04 Å². The lowest BCUT2D eigenvalue weighted by atomic mass is 10.1. The highest BCUT2D eigenvalue weighted by molar-refractivity contribution is 7.10. The predicted octanol–water partition coefficient (Wildman–Crippen LogP) is 3.27. The maximum absolute atomic E-state index is 5.35. The van der Waals surface area contributed by atoms with Crippen molar-refractivity contribution in [3.8, 4) is 0 Å². The van der Waals surface area contributed by atoms with Crippen LogP contribution in [0.3, 0.4) is 0 Å². The Labute approximate surface area is 93.9 Å². The van der Waals surface area contributed by atoms with Crippen molar-refractivity contribution in [2.75, 3.05) is 7.05 Å². The largest absolute Gasteiger partial charge is 0.469 e. The molecule has 2 aromatic heterocycles. The number of hydrogen-bond donors (Lipinski definition) is 1. The molecule has 2 rings (SSSR count). The van der Waals surface area contributed by atoms with E-state index in [0.29, 0.717) is 0 Å². The molecule has 0 spiro atoms. The summed E-state index contributed by atoms with van der Waals surface area (Å²) in [6, 6.07) is 4.49. The molecule has 3 heteroatoms. The number of furan rings is 1. The second-order valence-electron chi connectivity index (χ2n) is 3.68. The van der Waals surface area contributed by atoms with E-state index in [9.17, 15) is 0 Å². The molecule has 1 N–H and O–H groups in total. The van der Waals surface area contributed by atoms with Gasteiger partial charge in [0.2, 0.25) is 0 Å². The molecule has 0 aliphatic carbocycles. The maximum Gasteiger partial charge on any atom is 0.101 e. The third-order valence-corrected chi connectivity index (χ3v) is 3.62. The summed E-state index contributed by atoms with van der Waals surface area (Å²) in [7, 11) is 1.98. The van der Waals surface area contributed by atoms with Gasteiger partial charge in [-0.05, 0) is 44.0 Å². The van der Waals surface area contributed by atoms with Gasteiger partial charge < -0.3 is 9.73 Å². The van der Waals surface area contributed by atoms with Crippen LogP contribution in [-0.4, -0.2) is 7.05 Å². The van der Waals surface area contributed by atoms with Gasteiger partial charge in [-0.2, -0.15) is 0 Å². The molecule has 2 aromatic rings. The first-order valence-corrected chi connectivity index (χ1v) is 5.86. The summed E-state index contributed by atoms with van der Waals surface area (Å²) >= 11 is 1.78. The molecule has 0 fully saturated rings. The summed E-state index contributed by atoms with van der Waals surface area (Å²) in [6.07, 6.45) is 1.83. The molecule has 2 heterocycles. The fourth-order valence-corrected chi connectivity index (χ4v) is 2.81. The monoisotopic (exact) mass is 221 g/mol. The van der Waals surface area contributed by atoms with Crippen LogP contribution in [0.5, 0.6) is 0 Å². The number of hydrogen-bond acceptors (Lipinski definition) is 3. The SMILES string of the molecule is CNC(c1coc(C)c1)c1sccc1C. The standard InChI is InChI=1S/C12H15NOS/c1-8-4-5-15-12(8)11(13-3)10-6-9(2)14-7-10/h4-7,11,13H,1-3H3. The van der Waals surface area contributed by atoms with Crippen molar-refractivity contribution in [3.63, 3.8) is 0 Å². The van der Waals surface area contributed by atoms with Gasteiger partial charge in [0, 0.05) is 10.4 Å². The first-order chi connectivity index (χ1) is 7.22. The molecule has 1 unspecified atom stereocenters.